The van der Waals surface area contributed by atoms with Gasteiger partial charge < -0.3 is 10.6 Å². The van der Waals surface area contributed by atoms with Crippen LogP contribution >= 0.6 is 11.3 Å². The van der Waals surface area contributed by atoms with Crippen LogP contribution in [0.25, 0.3) is 0 Å². The van der Waals surface area contributed by atoms with E-state index in [2.05, 4.69) is 15.3 Å². The maximum absolute atomic E-state index is 5.64. The molecule has 2 bridgehead atoms. The molecular weight excluding hydrogens is 182 g/mol. The molecule has 2 fully saturated rings. The molecule has 0 spiro atoms. The zero-order chi connectivity index (χ0) is 8.84. The molecule has 3 atom stereocenters. The average molecular weight is 195 g/mol. The summed E-state index contributed by atoms with van der Waals surface area (Å²) in [7, 11) is 0. The molecule has 3 heterocycles. The Hall–Kier alpha value is -0.610. The van der Waals surface area contributed by atoms with Crippen LogP contribution in [0, 0.1) is 5.92 Å². The van der Waals surface area contributed by atoms with E-state index in [9.17, 15) is 0 Å². The summed E-state index contributed by atoms with van der Waals surface area (Å²) in [5.41, 5.74) is 6.87. The van der Waals surface area contributed by atoms with Gasteiger partial charge in [0.25, 0.3) is 0 Å². The Labute approximate surface area is 81.6 Å². The van der Waals surface area contributed by atoms with Gasteiger partial charge in [0, 0.05) is 24.4 Å². The zero-order valence-corrected chi connectivity index (χ0v) is 8.26. The summed E-state index contributed by atoms with van der Waals surface area (Å²) in [5, 5.41) is 2.84. The molecule has 3 unspecified atom stereocenters. The molecule has 3 nitrogen and oxygen atoms in total. The van der Waals surface area contributed by atoms with Gasteiger partial charge in [-0.1, -0.05) is 0 Å². The van der Waals surface area contributed by atoms with Crippen LogP contribution in [-0.4, -0.2) is 29.5 Å². The number of nitrogen functional groups attached to an aromatic ring is 1. The van der Waals surface area contributed by atoms with E-state index < -0.39 is 0 Å². The molecule has 0 saturated carbocycles. The van der Waals surface area contributed by atoms with Crippen molar-refractivity contribution in [2.24, 2.45) is 5.92 Å². The summed E-state index contributed by atoms with van der Waals surface area (Å²) in [6.07, 6.45) is 1.35. The fourth-order valence-electron chi connectivity index (χ4n) is 2.59. The van der Waals surface area contributed by atoms with Crippen LogP contribution in [-0.2, 0) is 0 Å². The number of nitrogens with two attached hydrogens (primary N) is 1. The molecule has 0 aromatic carbocycles. The van der Waals surface area contributed by atoms with Crippen molar-refractivity contribution in [3.63, 3.8) is 0 Å². The van der Waals surface area contributed by atoms with Crippen LogP contribution in [0.1, 0.15) is 18.0 Å². The highest BCUT2D eigenvalue weighted by Crippen LogP contribution is 2.39. The Bertz CT molecular complexity index is 322. The van der Waals surface area contributed by atoms with Crippen LogP contribution in [0.3, 0.4) is 0 Å². The van der Waals surface area contributed by atoms with E-state index >= 15 is 0 Å². The van der Waals surface area contributed by atoms with Crippen molar-refractivity contribution in [3.05, 3.63) is 11.1 Å². The smallest absolute Gasteiger partial charge is 0.180 e. The van der Waals surface area contributed by atoms with Crippen molar-refractivity contribution >= 4 is 16.5 Å². The Kier molecular flexibility index (Phi) is 1.60. The third kappa shape index (κ3) is 1.16. The topological polar surface area (TPSA) is 42.1 Å². The maximum Gasteiger partial charge on any atom is 0.180 e. The second-order valence-corrected chi connectivity index (χ2v) is 4.92. The van der Waals surface area contributed by atoms with Gasteiger partial charge in [-0.3, -0.25) is 0 Å². The summed E-state index contributed by atoms with van der Waals surface area (Å²) >= 11 is 1.57. The Morgan fingerprint density at radius 1 is 1.54 bits per heavy atom. The molecule has 0 amide bonds. The molecule has 3 rings (SSSR count). The van der Waals surface area contributed by atoms with Crippen LogP contribution in [0.2, 0.25) is 0 Å². The van der Waals surface area contributed by atoms with E-state index in [1.54, 1.807) is 11.3 Å². The minimum atomic E-state index is 0.669. The monoisotopic (exact) mass is 195 g/mol. The third-order valence-electron chi connectivity index (χ3n) is 3.25. The zero-order valence-electron chi connectivity index (χ0n) is 7.44. The number of fused-ring (bicyclic) bond motifs is 2. The summed E-state index contributed by atoms with van der Waals surface area (Å²) in [5.74, 6) is 1.52. The molecule has 2 N–H and O–H groups in total. The van der Waals surface area contributed by atoms with E-state index in [0.717, 1.165) is 5.92 Å². The predicted molar refractivity (Wildman–Crippen MR) is 53.8 cm³/mol. The highest BCUT2D eigenvalue weighted by atomic mass is 32.1. The first kappa shape index (κ1) is 7.76. The van der Waals surface area contributed by atoms with E-state index in [-0.39, 0.29) is 0 Å². The summed E-state index contributed by atoms with van der Waals surface area (Å²) in [4.78, 5) is 6.91. The van der Waals surface area contributed by atoms with Gasteiger partial charge in [0.15, 0.2) is 5.13 Å². The second kappa shape index (κ2) is 2.69. The first-order valence-electron chi connectivity index (χ1n) is 4.76. The normalized spacial score (nSPS) is 37.1. The summed E-state index contributed by atoms with van der Waals surface area (Å²) in [6.45, 7) is 3.77. The minimum absolute atomic E-state index is 0.669. The number of hydrogen-bond acceptors (Lipinski definition) is 4. The summed E-state index contributed by atoms with van der Waals surface area (Å²) in [6, 6.07) is 0. The van der Waals surface area contributed by atoms with Crippen LogP contribution in [0.5, 0.6) is 0 Å². The average Bonchev–Trinajstić information content (AvgIpc) is 2.77. The maximum atomic E-state index is 5.64. The lowest BCUT2D eigenvalue weighted by Crippen LogP contribution is -2.22. The van der Waals surface area contributed by atoms with Crippen molar-refractivity contribution in [1.82, 2.24) is 9.88 Å². The molecule has 2 saturated heterocycles. The molecule has 1 aromatic rings. The first-order chi connectivity index (χ1) is 6.33. The van der Waals surface area contributed by atoms with E-state index in [0.29, 0.717) is 11.0 Å². The molecule has 70 valence electrons. The van der Waals surface area contributed by atoms with E-state index in [4.69, 9.17) is 5.73 Å². The lowest BCUT2D eigenvalue weighted by Gasteiger charge is -2.19. The Morgan fingerprint density at radius 2 is 2.46 bits per heavy atom. The first-order valence-corrected chi connectivity index (χ1v) is 5.64. The lowest BCUT2D eigenvalue weighted by molar-refractivity contribution is 0.344. The number of piperidine rings is 1. The van der Waals surface area contributed by atoms with Gasteiger partial charge in [0.1, 0.15) is 0 Å². The number of thiazole rings is 1. The van der Waals surface area contributed by atoms with Crippen molar-refractivity contribution < 1.29 is 0 Å². The number of aromatic nitrogens is 1. The summed E-state index contributed by atoms with van der Waals surface area (Å²) < 4.78 is 0. The second-order valence-electron chi connectivity index (χ2n) is 4.03. The molecule has 2 aliphatic rings. The van der Waals surface area contributed by atoms with Gasteiger partial charge >= 0.3 is 0 Å². The fraction of sp³-hybridized carbons (Fsp3) is 0.667. The van der Waals surface area contributed by atoms with E-state index in [1.807, 2.05) is 0 Å². The molecule has 4 heteroatoms. The highest BCUT2D eigenvalue weighted by Gasteiger charge is 2.39. The van der Waals surface area contributed by atoms with Gasteiger partial charge in [0.05, 0.1) is 5.69 Å². The van der Waals surface area contributed by atoms with Crippen molar-refractivity contribution in [2.75, 3.05) is 25.4 Å². The van der Waals surface area contributed by atoms with E-state index in [1.165, 1.54) is 31.7 Å². The Morgan fingerprint density at radius 3 is 3.00 bits per heavy atom. The fourth-order valence-corrected chi connectivity index (χ4v) is 3.22. The molecule has 1 aromatic heterocycles. The number of rotatable bonds is 1. The third-order valence-corrected chi connectivity index (χ3v) is 3.94. The number of nitrogens with zero attached hydrogens (tertiary/aromatic N) is 2. The number of hydrogen-bond donors (Lipinski definition) is 1. The minimum Gasteiger partial charge on any atom is -0.375 e. The van der Waals surface area contributed by atoms with Crippen molar-refractivity contribution in [1.29, 1.82) is 0 Å². The lowest BCUT2D eigenvalue weighted by atomic mass is 9.90. The standard InChI is InChI=1S/C9H13N3S/c10-9-11-8(5-13-9)7-4-12-2-1-6(7)3-12/h5-7H,1-4H2,(H2,10,11). The van der Waals surface area contributed by atoms with Crippen LogP contribution in [0.15, 0.2) is 5.38 Å². The molecule has 2 aliphatic heterocycles. The molecule has 0 radical (unpaired) electrons. The molecular formula is C9H13N3S. The number of anilines is 1. The van der Waals surface area contributed by atoms with Crippen molar-refractivity contribution in [3.8, 4) is 0 Å². The molecule has 0 aliphatic carbocycles. The highest BCUT2D eigenvalue weighted by molar-refractivity contribution is 7.13. The Balaban J connectivity index is 1.87. The molecule has 13 heavy (non-hydrogen) atoms. The quantitative estimate of drug-likeness (QED) is 0.731. The van der Waals surface area contributed by atoms with Gasteiger partial charge in [-0.2, -0.15) is 0 Å². The largest absolute Gasteiger partial charge is 0.375 e. The van der Waals surface area contributed by atoms with Crippen molar-refractivity contribution in [2.45, 2.75) is 12.3 Å². The van der Waals surface area contributed by atoms with Gasteiger partial charge in [-0.15, -0.1) is 11.3 Å². The van der Waals surface area contributed by atoms with Crippen LogP contribution in [0.4, 0.5) is 5.13 Å². The van der Waals surface area contributed by atoms with Gasteiger partial charge in [-0.25, -0.2) is 4.98 Å². The van der Waals surface area contributed by atoms with Gasteiger partial charge in [0.2, 0.25) is 0 Å². The SMILES string of the molecule is Nc1nc(C2CN3CCC2C3)cs1. The predicted octanol–water partition coefficient (Wildman–Crippen LogP) is 1.14. The van der Waals surface area contributed by atoms with Crippen LogP contribution < -0.4 is 5.73 Å². The van der Waals surface area contributed by atoms with Gasteiger partial charge in [-0.05, 0) is 18.9 Å².